The third-order valence-corrected chi connectivity index (χ3v) is 1.83. The van der Waals surface area contributed by atoms with Crippen LogP contribution in [0.25, 0.3) is 0 Å². The summed E-state index contributed by atoms with van der Waals surface area (Å²) in [7, 11) is 0. The monoisotopic (exact) mass is 263 g/mol. The number of allylic oxidation sites excluding steroid dienone is 4. The van der Waals surface area contributed by atoms with Gasteiger partial charge in [-0.2, -0.15) is 5.57 Å². The van der Waals surface area contributed by atoms with E-state index in [4.69, 9.17) is 0 Å². The van der Waals surface area contributed by atoms with Gasteiger partial charge < -0.3 is 9.41 Å². The average molecular weight is 264 g/mol. The summed E-state index contributed by atoms with van der Waals surface area (Å²) in [6.45, 7) is 4.38. The predicted octanol–water partition coefficient (Wildman–Crippen LogP) is -2.74. The van der Waals surface area contributed by atoms with Crippen LogP contribution in [0.15, 0.2) is 17.2 Å². The summed E-state index contributed by atoms with van der Waals surface area (Å²) in [5.74, 6) is 0. The molecule has 0 aromatic heterocycles. The molecular weight excluding hydrogens is 249 g/mol. The largest absolute Gasteiger partial charge is 3.00 e. The summed E-state index contributed by atoms with van der Waals surface area (Å²) in [5, 5.41) is 0. The molecule has 0 saturated heterocycles. The summed E-state index contributed by atoms with van der Waals surface area (Å²) < 4.78 is 0. The molecule has 1 aliphatic carbocycles. The first kappa shape index (κ1) is 18.9. The van der Waals surface area contributed by atoms with Crippen molar-refractivity contribution in [3.63, 3.8) is 0 Å². The Labute approximate surface area is 98.3 Å². The summed E-state index contributed by atoms with van der Waals surface area (Å²) in [5.41, 5.74) is 2.82. The Hall–Kier alpha value is 0.223. The second kappa shape index (κ2) is 10.3. The van der Waals surface area contributed by atoms with E-state index in [-0.39, 0.29) is 35.6 Å². The number of halogens is 2. The zero-order valence-corrected chi connectivity index (χ0v) is 10.6. The number of rotatable bonds is 3. The molecule has 1 radical (unpaired) electrons. The van der Waals surface area contributed by atoms with Gasteiger partial charge in [0.1, 0.15) is 0 Å². The maximum Gasteiger partial charge on any atom is 3.00 e. The molecule has 0 amide bonds. The van der Waals surface area contributed by atoms with Gasteiger partial charge in [-0.3, -0.25) is 0 Å². The molecule has 73 valence electrons. The van der Waals surface area contributed by atoms with Crippen molar-refractivity contribution in [3.8, 4) is 0 Å². The van der Waals surface area contributed by atoms with E-state index in [9.17, 15) is 0 Å². The Bertz CT molecular complexity index is 174. The fraction of sp³-hybridized carbons (Fsp3) is 0.600. The Balaban J connectivity index is -0.000000333. The van der Waals surface area contributed by atoms with Crippen LogP contribution in [0, 0.1) is 6.08 Å². The molecule has 1 rings (SSSR count). The average Bonchev–Trinajstić information content (AvgIpc) is 2.31. The van der Waals surface area contributed by atoms with Crippen molar-refractivity contribution < 1.29 is 35.6 Å². The first-order valence-corrected chi connectivity index (χ1v) is 4.11. The molecule has 1 aliphatic rings. The Morgan fingerprint density at radius 3 is 2.38 bits per heavy atom. The van der Waals surface area contributed by atoms with Crippen molar-refractivity contribution in [2.24, 2.45) is 0 Å². The fourth-order valence-electron chi connectivity index (χ4n) is 1.18. The molecule has 0 unspecified atom stereocenters. The molecule has 3 heteroatoms. The van der Waals surface area contributed by atoms with E-state index in [1.165, 1.54) is 30.4 Å². The van der Waals surface area contributed by atoms with Crippen molar-refractivity contribution in [2.75, 3.05) is 0 Å². The first-order valence-electron chi connectivity index (χ1n) is 4.11. The Morgan fingerprint density at radius 2 is 2.00 bits per heavy atom. The van der Waals surface area contributed by atoms with Crippen LogP contribution in [-0.4, -0.2) is 0 Å². The summed E-state index contributed by atoms with van der Waals surface area (Å²) in [6, 6.07) is 0. The molecule has 0 heterocycles. The molecule has 0 bridgehead atoms. The van der Waals surface area contributed by atoms with E-state index in [2.05, 4.69) is 26.0 Å². The first-order chi connectivity index (χ1) is 4.83. The summed E-state index contributed by atoms with van der Waals surface area (Å²) >= 11 is 0. The van der Waals surface area contributed by atoms with Crippen molar-refractivity contribution in [3.05, 3.63) is 23.3 Å². The zero-order valence-electron chi connectivity index (χ0n) is 8.16. The molecule has 0 aliphatic heterocycles. The van der Waals surface area contributed by atoms with Gasteiger partial charge in [0.05, 0.1) is 0 Å². The summed E-state index contributed by atoms with van der Waals surface area (Å²) in [6.07, 6.45) is 10.6. The number of unbranched alkanes of at least 4 members (excludes halogenated alkanes) is 1. The van der Waals surface area contributed by atoms with E-state index >= 15 is 0 Å². The molecule has 0 saturated carbocycles. The van der Waals surface area contributed by atoms with E-state index in [1.807, 2.05) is 0 Å². The SMILES string of the molecule is CCCCC1=CCC(C)=[C-]1.[F-].[F-].[Zr+3]. The number of hydrogen-bond acceptors (Lipinski definition) is 0. The van der Waals surface area contributed by atoms with E-state index in [0.717, 1.165) is 6.42 Å². The standard InChI is InChI=1S/C10H15.2FH.Zr/c1-3-4-5-10-7-6-9(2)8-10;;;/h7H,3-6H2,1-2H3;2*1H;/q-1;;;+3/p-2. The van der Waals surface area contributed by atoms with Gasteiger partial charge in [-0.15, -0.1) is 0 Å². The van der Waals surface area contributed by atoms with Gasteiger partial charge in [0.25, 0.3) is 0 Å². The normalized spacial score (nSPS) is 13.1. The van der Waals surface area contributed by atoms with Crippen LogP contribution in [0.1, 0.15) is 39.5 Å². The van der Waals surface area contributed by atoms with E-state index < -0.39 is 0 Å². The van der Waals surface area contributed by atoms with E-state index in [1.54, 1.807) is 0 Å². The van der Waals surface area contributed by atoms with E-state index in [0.29, 0.717) is 0 Å². The number of hydrogen-bond donors (Lipinski definition) is 0. The maximum atomic E-state index is 3.37. The maximum absolute atomic E-state index is 3.37. The van der Waals surface area contributed by atoms with Crippen molar-refractivity contribution in [1.29, 1.82) is 0 Å². The van der Waals surface area contributed by atoms with Crippen molar-refractivity contribution in [2.45, 2.75) is 39.5 Å². The van der Waals surface area contributed by atoms with Crippen LogP contribution in [-0.2, 0) is 26.2 Å². The smallest absolute Gasteiger partial charge is 1.00 e. The molecule has 0 fully saturated rings. The predicted molar refractivity (Wildman–Crippen MR) is 44.7 cm³/mol. The molecule has 0 aromatic carbocycles. The van der Waals surface area contributed by atoms with Gasteiger partial charge in [0.2, 0.25) is 0 Å². The molecule has 0 atom stereocenters. The van der Waals surface area contributed by atoms with Crippen LogP contribution >= 0.6 is 0 Å². The van der Waals surface area contributed by atoms with Gasteiger partial charge in [-0.05, 0) is 0 Å². The van der Waals surface area contributed by atoms with Gasteiger partial charge >= 0.3 is 26.2 Å². The quantitative estimate of drug-likeness (QED) is 0.485. The topological polar surface area (TPSA) is 0 Å². The Morgan fingerprint density at radius 1 is 1.38 bits per heavy atom. The van der Waals surface area contributed by atoms with Crippen LogP contribution in [0.4, 0.5) is 0 Å². The second-order valence-electron chi connectivity index (χ2n) is 2.94. The fourth-order valence-corrected chi connectivity index (χ4v) is 1.18. The molecule has 13 heavy (non-hydrogen) atoms. The minimum atomic E-state index is 0. The molecule has 0 aromatic rings. The molecule has 0 N–H and O–H groups in total. The Kier molecular flexibility index (Phi) is 15.0. The van der Waals surface area contributed by atoms with Crippen molar-refractivity contribution in [1.82, 2.24) is 0 Å². The minimum Gasteiger partial charge on any atom is -1.00 e. The third-order valence-electron chi connectivity index (χ3n) is 1.83. The molecule has 0 spiro atoms. The van der Waals surface area contributed by atoms with Gasteiger partial charge in [0.15, 0.2) is 0 Å². The van der Waals surface area contributed by atoms with Crippen molar-refractivity contribution >= 4 is 0 Å². The third kappa shape index (κ3) is 7.31. The van der Waals surface area contributed by atoms with Gasteiger partial charge in [-0.1, -0.05) is 39.5 Å². The van der Waals surface area contributed by atoms with Crippen LogP contribution in [0.2, 0.25) is 0 Å². The second-order valence-corrected chi connectivity index (χ2v) is 2.94. The van der Waals surface area contributed by atoms with Gasteiger partial charge in [0, 0.05) is 0 Å². The zero-order chi connectivity index (χ0) is 7.40. The van der Waals surface area contributed by atoms with Gasteiger partial charge in [-0.25, -0.2) is 17.7 Å². The van der Waals surface area contributed by atoms with Crippen LogP contribution in [0.5, 0.6) is 0 Å². The van der Waals surface area contributed by atoms with Crippen LogP contribution < -0.4 is 9.41 Å². The molecular formula is C10H15F2Zr. The molecule has 0 nitrogen and oxygen atoms in total. The van der Waals surface area contributed by atoms with Crippen LogP contribution in [0.3, 0.4) is 0 Å². The summed E-state index contributed by atoms with van der Waals surface area (Å²) in [4.78, 5) is 0. The minimum absolute atomic E-state index is 0.